The Hall–Kier alpha value is -1.93. The zero-order valence-corrected chi connectivity index (χ0v) is 9.32. The number of nitrogens with zero attached hydrogens (tertiary/aromatic N) is 1. The van der Waals surface area contributed by atoms with Crippen LogP contribution in [0.25, 0.3) is 0 Å². The number of aryl methyl sites for hydroxylation is 1. The molecule has 0 unspecified atom stereocenters. The number of nitrogens with one attached hydrogen (secondary N) is 1. The van der Waals surface area contributed by atoms with Gasteiger partial charge in [0, 0.05) is 12.1 Å². The lowest BCUT2D eigenvalue weighted by Gasteiger charge is -2.19. The molecule has 1 saturated carbocycles. The second kappa shape index (κ2) is 3.54. The maximum atomic E-state index is 11.3. The largest absolute Gasteiger partial charge is 0.326 e. The number of carbonyl (C=O) groups excluding carboxylic acids is 2. The molecular formula is C13H12N2O2. The Kier molecular flexibility index (Phi) is 2.13. The third kappa shape index (κ3) is 1.67. The minimum atomic E-state index is -0.362. The molecule has 86 valence electrons. The van der Waals surface area contributed by atoms with Crippen LogP contribution in [0.4, 0.5) is 5.69 Å². The molecule has 1 aromatic rings. The van der Waals surface area contributed by atoms with Crippen LogP contribution in [0.5, 0.6) is 0 Å². The molecule has 2 aliphatic rings. The fraction of sp³-hybridized carbons (Fsp3) is 0.385. The molecule has 0 saturated heterocycles. The van der Waals surface area contributed by atoms with Crippen molar-refractivity contribution in [1.82, 2.24) is 0 Å². The molecule has 4 heteroatoms. The fourth-order valence-corrected chi connectivity index (χ4v) is 2.33. The van der Waals surface area contributed by atoms with Crippen LogP contribution in [-0.2, 0) is 21.5 Å². The van der Waals surface area contributed by atoms with E-state index in [1.54, 1.807) is 6.08 Å². The zero-order valence-electron chi connectivity index (χ0n) is 9.32. The molecule has 1 heterocycles. The summed E-state index contributed by atoms with van der Waals surface area (Å²) in [7, 11) is 0. The molecule has 1 amide bonds. The van der Waals surface area contributed by atoms with E-state index in [1.807, 2.05) is 18.2 Å². The van der Waals surface area contributed by atoms with Crippen LogP contribution < -0.4 is 5.32 Å². The Morgan fingerprint density at radius 1 is 1.29 bits per heavy atom. The maximum Gasteiger partial charge on any atom is 0.235 e. The van der Waals surface area contributed by atoms with Gasteiger partial charge in [0.2, 0.25) is 12.0 Å². The van der Waals surface area contributed by atoms with E-state index in [-0.39, 0.29) is 11.4 Å². The van der Waals surface area contributed by atoms with Crippen molar-refractivity contribution in [1.29, 1.82) is 0 Å². The molecule has 3 rings (SSSR count). The summed E-state index contributed by atoms with van der Waals surface area (Å²) >= 11 is 0. The second-order valence-corrected chi connectivity index (χ2v) is 4.65. The number of hydrogen-bond donors (Lipinski definition) is 1. The van der Waals surface area contributed by atoms with Crippen LogP contribution in [0.1, 0.15) is 30.4 Å². The van der Waals surface area contributed by atoms with Gasteiger partial charge < -0.3 is 5.32 Å². The zero-order chi connectivity index (χ0) is 11.9. The fourth-order valence-electron chi connectivity index (χ4n) is 2.33. The summed E-state index contributed by atoms with van der Waals surface area (Å²) in [5, 5.41) is 2.86. The summed E-state index contributed by atoms with van der Waals surface area (Å²) in [6, 6.07) is 5.97. The third-order valence-electron chi connectivity index (χ3n) is 3.53. The molecule has 17 heavy (non-hydrogen) atoms. The van der Waals surface area contributed by atoms with Gasteiger partial charge in [-0.1, -0.05) is 12.1 Å². The molecule has 0 atom stereocenters. The van der Waals surface area contributed by atoms with Gasteiger partial charge in [0.25, 0.3) is 0 Å². The Bertz CT molecular complexity index is 540. The number of fused-ring (bicyclic) bond motifs is 1. The van der Waals surface area contributed by atoms with Crippen LogP contribution in [0.15, 0.2) is 23.2 Å². The van der Waals surface area contributed by atoms with Gasteiger partial charge in [0.1, 0.15) is 0 Å². The number of rotatable bonds is 2. The topological polar surface area (TPSA) is 58.5 Å². The SMILES string of the molecule is O=C=NC1(c2ccc3c(c2)NC(=O)CC3)CC1. The third-order valence-corrected chi connectivity index (χ3v) is 3.53. The van der Waals surface area contributed by atoms with E-state index in [1.165, 1.54) is 0 Å². The van der Waals surface area contributed by atoms with Crippen LogP contribution >= 0.6 is 0 Å². The van der Waals surface area contributed by atoms with Gasteiger partial charge in [-0.25, -0.2) is 4.79 Å². The molecule has 1 aliphatic carbocycles. The number of anilines is 1. The van der Waals surface area contributed by atoms with E-state index < -0.39 is 0 Å². The van der Waals surface area contributed by atoms with Crippen molar-refractivity contribution < 1.29 is 9.59 Å². The first-order chi connectivity index (χ1) is 8.23. The molecule has 0 spiro atoms. The van der Waals surface area contributed by atoms with Crippen molar-refractivity contribution in [2.24, 2.45) is 4.99 Å². The van der Waals surface area contributed by atoms with Crippen molar-refractivity contribution in [2.75, 3.05) is 5.32 Å². The standard InChI is InChI=1S/C13H12N2O2/c16-8-14-13(5-6-13)10-3-1-9-2-4-12(17)15-11(9)7-10/h1,3,7H,2,4-6H2,(H,15,17). The van der Waals surface area contributed by atoms with E-state index in [0.29, 0.717) is 6.42 Å². The van der Waals surface area contributed by atoms with Crippen LogP contribution in [0.2, 0.25) is 0 Å². The van der Waals surface area contributed by atoms with E-state index in [9.17, 15) is 9.59 Å². The molecule has 1 fully saturated rings. The van der Waals surface area contributed by atoms with Crippen molar-refractivity contribution >= 4 is 17.7 Å². The first-order valence-corrected chi connectivity index (χ1v) is 5.76. The summed E-state index contributed by atoms with van der Waals surface area (Å²) in [6.07, 6.45) is 4.74. The number of benzene rings is 1. The average Bonchev–Trinajstić information content (AvgIpc) is 3.09. The van der Waals surface area contributed by atoms with Gasteiger partial charge in [0.15, 0.2) is 0 Å². The molecule has 4 nitrogen and oxygen atoms in total. The molecule has 0 aromatic heterocycles. The lowest BCUT2D eigenvalue weighted by molar-refractivity contribution is -0.116. The van der Waals surface area contributed by atoms with E-state index in [2.05, 4.69) is 10.3 Å². The van der Waals surface area contributed by atoms with E-state index in [0.717, 1.165) is 36.1 Å². The number of aliphatic imine (C=N–C) groups is 1. The van der Waals surface area contributed by atoms with E-state index in [4.69, 9.17) is 0 Å². The first-order valence-electron chi connectivity index (χ1n) is 5.76. The summed E-state index contributed by atoms with van der Waals surface area (Å²) in [5.41, 5.74) is 2.66. The van der Waals surface area contributed by atoms with Crippen LogP contribution in [-0.4, -0.2) is 12.0 Å². The normalized spacial score (nSPS) is 19.9. The van der Waals surface area contributed by atoms with Crippen LogP contribution in [0, 0.1) is 0 Å². The monoisotopic (exact) mass is 228 g/mol. The molecule has 1 aliphatic heterocycles. The Morgan fingerprint density at radius 2 is 2.12 bits per heavy atom. The number of isocyanates is 1. The van der Waals surface area contributed by atoms with Crippen molar-refractivity contribution in [3.8, 4) is 0 Å². The van der Waals surface area contributed by atoms with E-state index >= 15 is 0 Å². The maximum absolute atomic E-state index is 11.3. The highest BCUT2D eigenvalue weighted by atomic mass is 16.1. The van der Waals surface area contributed by atoms with Crippen molar-refractivity contribution in [3.05, 3.63) is 29.3 Å². The van der Waals surface area contributed by atoms with Gasteiger partial charge in [-0.3, -0.25) is 4.79 Å². The summed E-state index contributed by atoms with van der Waals surface area (Å²) in [6.45, 7) is 0. The van der Waals surface area contributed by atoms with Crippen LogP contribution in [0.3, 0.4) is 0 Å². The second-order valence-electron chi connectivity index (χ2n) is 4.65. The van der Waals surface area contributed by atoms with Gasteiger partial charge in [-0.05, 0) is 36.5 Å². The molecule has 0 radical (unpaired) electrons. The summed E-state index contributed by atoms with van der Waals surface area (Å²) < 4.78 is 0. The Labute approximate surface area is 98.7 Å². The smallest absolute Gasteiger partial charge is 0.235 e. The Morgan fingerprint density at radius 3 is 2.82 bits per heavy atom. The summed E-state index contributed by atoms with van der Waals surface area (Å²) in [5.74, 6) is 0.0541. The molecule has 0 bridgehead atoms. The number of hydrogen-bond acceptors (Lipinski definition) is 3. The average molecular weight is 228 g/mol. The summed E-state index contributed by atoms with van der Waals surface area (Å²) in [4.78, 5) is 25.6. The molecular weight excluding hydrogens is 216 g/mol. The molecule has 1 aromatic carbocycles. The van der Waals surface area contributed by atoms with Crippen molar-refractivity contribution in [2.45, 2.75) is 31.2 Å². The predicted octanol–water partition coefficient (Wildman–Crippen LogP) is 1.90. The predicted molar refractivity (Wildman–Crippen MR) is 62.4 cm³/mol. The molecule has 1 N–H and O–H groups in total. The number of amides is 1. The highest BCUT2D eigenvalue weighted by Gasteiger charge is 2.45. The first kappa shape index (κ1) is 10.2. The van der Waals surface area contributed by atoms with Gasteiger partial charge in [0.05, 0.1) is 5.54 Å². The Balaban J connectivity index is 2.01. The lowest BCUT2D eigenvalue weighted by atomic mass is 9.97. The highest BCUT2D eigenvalue weighted by molar-refractivity contribution is 5.94. The minimum Gasteiger partial charge on any atom is -0.326 e. The number of carbonyl (C=O) groups is 1. The highest BCUT2D eigenvalue weighted by Crippen LogP contribution is 2.50. The van der Waals surface area contributed by atoms with Gasteiger partial charge >= 0.3 is 0 Å². The lowest BCUT2D eigenvalue weighted by Crippen LogP contribution is -2.19. The quantitative estimate of drug-likeness (QED) is 0.620. The van der Waals surface area contributed by atoms with Gasteiger partial charge in [-0.15, -0.1) is 0 Å². The van der Waals surface area contributed by atoms with Gasteiger partial charge in [-0.2, -0.15) is 4.99 Å². The minimum absolute atomic E-state index is 0.0541. The van der Waals surface area contributed by atoms with Crippen molar-refractivity contribution in [3.63, 3.8) is 0 Å².